The average Bonchev–Trinajstić information content (AvgIpc) is 2.54. The van der Waals surface area contributed by atoms with E-state index in [4.69, 9.17) is 4.42 Å². The first-order valence-corrected chi connectivity index (χ1v) is 5.89. The standard InChI is InChI=1S/C9H6F3NO3S/c1-5-13-7-4-6(2-3-8(7)16-5)17(14,15)9(10,11)12/h2-4H,1H3. The second kappa shape index (κ2) is 3.46. The molecule has 0 amide bonds. The summed E-state index contributed by atoms with van der Waals surface area (Å²) in [4.78, 5) is 2.93. The van der Waals surface area contributed by atoms with Gasteiger partial charge in [-0.25, -0.2) is 13.4 Å². The number of alkyl halides is 3. The fourth-order valence-corrected chi connectivity index (χ4v) is 2.10. The van der Waals surface area contributed by atoms with E-state index in [1.807, 2.05) is 0 Å². The summed E-state index contributed by atoms with van der Waals surface area (Å²) in [5.41, 5.74) is -5.00. The van der Waals surface area contributed by atoms with Crippen LogP contribution in [0, 0.1) is 6.92 Å². The summed E-state index contributed by atoms with van der Waals surface area (Å²) in [6.45, 7) is 1.51. The van der Waals surface area contributed by atoms with Crippen LogP contribution >= 0.6 is 0 Å². The molecule has 0 aliphatic rings. The number of benzene rings is 1. The van der Waals surface area contributed by atoms with E-state index in [9.17, 15) is 21.6 Å². The van der Waals surface area contributed by atoms with Crippen LogP contribution in [0.1, 0.15) is 5.89 Å². The van der Waals surface area contributed by atoms with Gasteiger partial charge in [0.2, 0.25) is 0 Å². The Morgan fingerprint density at radius 3 is 2.53 bits per heavy atom. The first-order chi connectivity index (χ1) is 7.72. The Bertz CT molecular complexity index is 672. The highest BCUT2D eigenvalue weighted by Crippen LogP contribution is 2.31. The third-order valence-electron chi connectivity index (χ3n) is 2.08. The van der Waals surface area contributed by atoms with Crippen LogP contribution < -0.4 is 0 Å². The van der Waals surface area contributed by atoms with Crippen LogP contribution in [-0.4, -0.2) is 18.9 Å². The van der Waals surface area contributed by atoms with E-state index in [0.717, 1.165) is 18.2 Å². The molecule has 1 aromatic heterocycles. The zero-order valence-corrected chi connectivity index (χ0v) is 9.26. The van der Waals surface area contributed by atoms with Gasteiger partial charge in [-0.1, -0.05) is 0 Å². The maximum Gasteiger partial charge on any atom is 0.501 e. The highest BCUT2D eigenvalue weighted by Gasteiger charge is 2.46. The van der Waals surface area contributed by atoms with E-state index in [-0.39, 0.29) is 17.0 Å². The maximum atomic E-state index is 12.3. The number of nitrogens with zero attached hydrogens (tertiary/aromatic N) is 1. The topological polar surface area (TPSA) is 60.2 Å². The van der Waals surface area contributed by atoms with E-state index in [1.54, 1.807) is 0 Å². The predicted molar refractivity (Wildman–Crippen MR) is 52.0 cm³/mol. The van der Waals surface area contributed by atoms with Gasteiger partial charge in [-0.05, 0) is 18.2 Å². The quantitative estimate of drug-likeness (QED) is 0.794. The summed E-state index contributed by atoms with van der Waals surface area (Å²) in [7, 11) is -5.34. The normalized spacial score (nSPS) is 13.2. The number of oxazole rings is 1. The molecular weight excluding hydrogens is 259 g/mol. The van der Waals surface area contributed by atoms with Crippen molar-refractivity contribution in [3.8, 4) is 0 Å². The van der Waals surface area contributed by atoms with Gasteiger partial charge in [-0.15, -0.1) is 0 Å². The minimum atomic E-state index is -5.34. The smallest absolute Gasteiger partial charge is 0.441 e. The van der Waals surface area contributed by atoms with Crippen LogP contribution in [0.5, 0.6) is 0 Å². The Morgan fingerprint density at radius 1 is 1.29 bits per heavy atom. The Balaban J connectivity index is 2.65. The molecule has 1 aromatic carbocycles. The van der Waals surface area contributed by atoms with Gasteiger partial charge in [-0.2, -0.15) is 13.2 Å². The van der Waals surface area contributed by atoms with Crippen LogP contribution in [0.4, 0.5) is 13.2 Å². The minimum absolute atomic E-state index is 0.0767. The Morgan fingerprint density at radius 2 is 1.94 bits per heavy atom. The highest BCUT2D eigenvalue weighted by atomic mass is 32.2. The zero-order chi connectivity index (χ0) is 12.8. The lowest BCUT2D eigenvalue weighted by molar-refractivity contribution is -0.0435. The molecule has 17 heavy (non-hydrogen) atoms. The third kappa shape index (κ3) is 1.88. The molecule has 2 rings (SSSR count). The molecule has 0 fully saturated rings. The molecule has 0 spiro atoms. The first-order valence-electron chi connectivity index (χ1n) is 4.40. The fraction of sp³-hybridized carbons (Fsp3) is 0.222. The summed E-state index contributed by atoms with van der Waals surface area (Å²) >= 11 is 0. The van der Waals surface area contributed by atoms with Crippen LogP contribution in [0.25, 0.3) is 11.1 Å². The van der Waals surface area contributed by atoms with Crippen molar-refractivity contribution in [1.82, 2.24) is 4.98 Å². The Kier molecular flexibility index (Phi) is 2.42. The Hall–Kier alpha value is -1.57. The van der Waals surface area contributed by atoms with Gasteiger partial charge in [0.05, 0.1) is 4.90 Å². The first kappa shape index (κ1) is 11.9. The fourth-order valence-electron chi connectivity index (χ4n) is 1.32. The molecule has 8 heteroatoms. The Labute approximate surface area is 94.0 Å². The largest absolute Gasteiger partial charge is 0.501 e. The van der Waals surface area contributed by atoms with Crippen LogP contribution in [-0.2, 0) is 9.84 Å². The number of fused-ring (bicyclic) bond motifs is 1. The molecule has 0 bridgehead atoms. The summed E-state index contributed by atoms with van der Waals surface area (Å²) in [5, 5.41) is 0. The zero-order valence-electron chi connectivity index (χ0n) is 8.45. The van der Waals surface area contributed by atoms with E-state index in [0.29, 0.717) is 0 Å². The number of sulfone groups is 1. The molecule has 4 nitrogen and oxygen atoms in total. The minimum Gasteiger partial charge on any atom is -0.441 e. The number of hydrogen-bond acceptors (Lipinski definition) is 4. The number of aromatic nitrogens is 1. The third-order valence-corrected chi connectivity index (χ3v) is 3.56. The molecule has 0 aliphatic heterocycles. The lowest BCUT2D eigenvalue weighted by Crippen LogP contribution is -2.23. The van der Waals surface area contributed by atoms with Gasteiger partial charge in [0.25, 0.3) is 9.84 Å². The van der Waals surface area contributed by atoms with Crippen LogP contribution in [0.15, 0.2) is 27.5 Å². The van der Waals surface area contributed by atoms with E-state index >= 15 is 0 Å². The van der Waals surface area contributed by atoms with Gasteiger partial charge < -0.3 is 4.42 Å². The van der Waals surface area contributed by atoms with Crippen molar-refractivity contribution in [2.45, 2.75) is 17.3 Å². The van der Waals surface area contributed by atoms with Crippen LogP contribution in [0.2, 0.25) is 0 Å². The molecule has 0 N–H and O–H groups in total. The van der Waals surface area contributed by atoms with Crippen molar-refractivity contribution >= 4 is 20.9 Å². The van der Waals surface area contributed by atoms with Crippen molar-refractivity contribution in [1.29, 1.82) is 0 Å². The van der Waals surface area contributed by atoms with E-state index < -0.39 is 20.2 Å². The van der Waals surface area contributed by atoms with Crippen molar-refractivity contribution in [3.63, 3.8) is 0 Å². The highest BCUT2D eigenvalue weighted by molar-refractivity contribution is 7.92. The molecule has 0 atom stereocenters. The van der Waals surface area contributed by atoms with Gasteiger partial charge in [-0.3, -0.25) is 0 Å². The van der Waals surface area contributed by atoms with Gasteiger partial charge in [0.1, 0.15) is 5.52 Å². The molecular formula is C9H6F3NO3S. The summed E-state index contributed by atoms with van der Waals surface area (Å²) < 4.78 is 64.2. The lowest BCUT2D eigenvalue weighted by Gasteiger charge is -2.07. The van der Waals surface area contributed by atoms with Crippen LogP contribution in [0.3, 0.4) is 0 Å². The second-order valence-electron chi connectivity index (χ2n) is 3.31. The van der Waals surface area contributed by atoms with Gasteiger partial charge in [0, 0.05) is 6.92 Å². The average molecular weight is 265 g/mol. The second-order valence-corrected chi connectivity index (χ2v) is 5.25. The van der Waals surface area contributed by atoms with Gasteiger partial charge >= 0.3 is 5.51 Å². The molecule has 1 heterocycles. The van der Waals surface area contributed by atoms with E-state index in [1.165, 1.54) is 6.92 Å². The molecule has 0 radical (unpaired) electrons. The molecule has 2 aromatic rings. The SMILES string of the molecule is Cc1nc2cc(S(=O)(=O)C(F)(F)F)ccc2o1. The number of aryl methyl sites for hydroxylation is 1. The van der Waals surface area contributed by atoms with Crippen molar-refractivity contribution in [2.24, 2.45) is 0 Å². The summed E-state index contributed by atoms with van der Waals surface area (Å²) in [6, 6.07) is 2.83. The predicted octanol–water partition coefficient (Wildman–Crippen LogP) is 2.43. The molecule has 0 unspecified atom stereocenters. The van der Waals surface area contributed by atoms with Crippen molar-refractivity contribution in [2.75, 3.05) is 0 Å². The summed E-state index contributed by atoms with van der Waals surface area (Å²) in [5.74, 6) is 0.251. The van der Waals surface area contributed by atoms with E-state index in [2.05, 4.69) is 4.98 Å². The lowest BCUT2D eigenvalue weighted by atomic mass is 10.3. The molecule has 92 valence electrons. The monoisotopic (exact) mass is 265 g/mol. The van der Waals surface area contributed by atoms with Crippen molar-refractivity contribution in [3.05, 3.63) is 24.1 Å². The number of rotatable bonds is 1. The van der Waals surface area contributed by atoms with Crippen molar-refractivity contribution < 1.29 is 26.0 Å². The molecule has 0 saturated carbocycles. The summed E-state index contributed by atoms with van der Waals surface area (Å²) in [6.07, 6.45) is 0. The van der Waals surface area contributed by atoms with Gasteiger partial charge in [0.15, 0.2) is 11.5 Å². The maximum absolute atomic E-state index is 12.3. The molecule has 0 saturated heterocycles. The number of hydrogen-bond donors (Lipinski definition) is 0. The number of halogens is 3. The molecule has 0 aliphatic carbocycles.